The zero-order valence-corrected chi connectivity index (χ0v) is 9.82. The minimum atomic E-state index is -0.605. The highest BCUT2D eigenvalue weighted by Gasteiger charge is 2.15. The summed E-state index contributed by atoms with van der Waals surface area (Å²) < 4.78 is 0. The van der Waals surface area contributed by atoms with E-state index in [1.807, 2.05) is 44.2 Å². The molecule has 0 unspecified atom stereocenters. The number of nitrogens with zero attached hydrogens (tertiary/aromatic N) is 1. The maximum atomic E-state index is 11.5. The monoisotopic (exact) mass is 216 g/mol. The molecule has 1 amide bonds. The van der Waals surface area contributed by atoms with Crippen LogP contribution >= 0.6 is 0 Å². The first-order valence-corrected chi connectivity index (χ1v) is 5.31. The molecule has 1 N–H and O–H groups in total. The topological polar surface area (TPSA) is 52.9 Å². The standard InChI is InChI=1S/C13H16N2O/c1-9-6-4-5-7-12(9)11(3)15-13(16)10(2)8-14/h4-7,10-11H,1-3H3,(H,15,16)/t10-,11+/m0/s1. The summed E-state index contributed by atoms with van der Waals surface area (Å²) in [6, 6.07) is 9.75. The van der Waals surface area contributed by atoms with Gasteiger partial charge in [-0.2, -0.15) is 5.26 Å². The Balaban J connectivity index is 2.74. The third-order valence-electron chi connectivity index (χ3n) is 2.60. The van der Waals surface area contributed by atoms with Crippen LogP contribution in [0.4, 0.5) is 0 Å². The van der Waals surface area contributed by atoms with Crippen LogP contribution in [0.15, 0.2) is 24.3 Å². The second kappa shape index (κ2) is 5.32. The zero-order valence-electron chi connectivity index (χ0n) is 9.82. The van der Waals surface area contributed by atoms with Gasteiger partial charge in [-0.25, -0.2) is 0 Å². The molecule has 0 aliphatic carbocycles. The van der Waals surface area contributed by atoms with Crippen molar-refractivity contribution in [3.63, 3.8) is 0 Å². The van der Waals surface area contributed by atoms with Crippen molar-refractivity contribution in [3.05, 3.63) is 35.4 Å². The molecule has 0 aromatic heterocycles. The number of carbonyl (C=O) groups excluding carboxylic acids is 1. The van der Waals surface area contributed by atoms with Gasteiger partial charge in [0.15, 0.2) is 0 Å². The number of nitriles is 1. The van der Waals surface area contributed by atoms with E-state index in [-0.39, 0.29) is 11.9 Å². The van der Waals surface area contributed by atoms with Gasteiger partial charge >= 0.3 is 0 Å². The van der Waals surface area contributed by atoms with Crippen LogP contribution in [0, 0.1) is 24.2 Å². The average molecular weight is 216 g/mol. The number of carbonyl (C=O) groups is 1. The van der Waals surface area contributed by atoms with Crippen molar-refractivity contribution >= 4 is 5.91 Å². The highest BCUT2D eigenvalue weighted by atomic mass is 16.1. The van der Waals surface area contributed by atoms with Crippen molar-refractivity contribution in [1.82, 2.24) is 5.32 Å². The Morgan fingerprint density at radius 2 is 2.00 bits per heavy atom. The lowest BCUT2D eigenvalue weighted by Gasteiger charge is -2.17. The first-order valence-electron chi connectivity index (χ1n) is 5.31. The van der Waals surface area contributed by atoms with Crippen molar-refractivity contribution in [2.24, 2.45) is 5.92 Å². The minimum Gasteiger partial charge on any atom is -0.348 e. The van der Waals surface area contributed by atoms with Gasteiger partial charge in [-0.1, -0.05) is 24.3 Å². The highest BCUT2D eigenvalue weighted by molar-refractivity contribution is 5.81. The molecule has 16 heavy (non-hydrogen) atoms. The van der Waals surface area contributed by atoms with Crippen LogP contribution in [-0.2, 0) is 4.79 Å². The number of amides is 1. The Bertz CT molecular complexity index is 420. The second-order valence-electron chi connectivity index (χ2n) is 3.94. The Labute approximate surface area is 96.1 Å². The number of aryl methyl sites for hydroxylation is 1. The Morgan fingerprint density at radius 1 is 1.38 bits per heavy atom. The predicted molar refractivity (Wildman–Crippen MR) is 62.5 cm³/mol. The summed E-state index contributed by atoms with van der Waals surface area (Å²) in [6.07, 6.45) is 0. The van der Waals surface area contributed by atoms with E-state index in [0.717, 1.165) is 11.1 Å². The van der Waals surface area contributed by atoms with Crippen LogP contribution in [-0.4, -0.2) is 5.91 Å². The summed E-state index contributed by atoms with van der Waals surface area (Å²) >= 11 is 0. The van der Waals surface area contributed by atoms with Crippen molar-refractivity contribution in [1.29, 1.82) is 5.26 Å². The normalized spacial score (nSPS) is 13.6. The molecule has 0 spiro atoms. The third kappa shape index (κ3) is 2.83. The van der Waals surface area contributed by atoms with E-state index in [0.29, 0.717) is 0 Å². The van der Waals surface area contributed by atoms with Crippen molar-refractivity contribution in [2.75, 3.05) is 0 Å². The molecular weight excluding hydrogens is 200 g/mol. The van der Waals surface area contributed by atoms with Crippen LogP contribution in [0.3, 0.4) is 0 Å². The smallest absolute Gasteiger partial charge is 0.237 e. The van der Waals surface area contributed by atoms with Gasteiger partial charge in [-0.15, -0.1) is 0 Å². The maximum Gasteiger partial charge on any atom is 0.237 e. The second-order valence-corrected chi connectivity index (χ2v) is 3.94. The van der Waals surface area contributed by atoms with E-state index in [4.69, 9.17) is 5.26 Å². The molecule has 1 aromatic carbocycles. The van der Waals surface area contributed by atoms with Crippen LogP contribution in [0.5, 0.6) is 0 Å². The number of hydrogen-bond donors (Lipinski definition) is 1. The van der Waals surface area contributed by atoms with Crippen LogP contribution in [0.1, 0.15) is 31.0 Å². The minimum absolute atomic E-state index is 0.0653. The van der Waals surface area contributed by atoms with E-state index in [1.54, 1.807) is 6.92 Å². The molecule has 0 fully saturated rings. The summed E-state index contributed by atoms with van der Waals surface area (Å²) in [5, 5.41) is 11.5. The predicted octanol–water partition coefficient (Wildman–Crippen LogP) is 2.33. The lowest BCUT2D eigenvalue weighted by Crippen LogP contribution is -2.31. The molecule has 0 heterocycles. The fourth-order valence-electron chi connectivity index (χ4n) is 1.55. The summed E-state index contributed by atoms with van der Waals surface area (Å²) in [4.78, 5) is 11.5. The highest BCUT2D eigenvalue weighted by Crippen LogP contribution is 2.16. The average Bonchev–Trinajstić information content (AvgIpc) is 2.28. The number of benzene rings is 1. The van der Waals surface area contributed by atoms with Gasteiger partial charge in [0.1, 0.15) is 5.92 Å². The molecule has 0 bridgehead atoms. The molecule has 0 radical (unpaired) electrons. The third-order valence-corrected chi connectivity index (χ3v) is 2.60. The van der Waals surface area contributed by atoms with Gasteiger partial charge < -0.3 is 5.32 Å². The van der Waals surface area contributed by atoms with Gasteiger partial charge in [-0.05, 0) is 31.9 Å². The summed E-state index contributed by atoms with van der Waals surface area (Å²) in [5.41, 5.74) is 2.22. The summed E-state index contributed by atoms with van der Waals surface area (Å²) in [6.45, 7) is 5.52. The fraction of sp³-hybridized carbons (Fsp3) is 0.385. The first-order chi connectivity index (χ1) is 7.56. The van der Waals surface area contributed by atoms with Crippen molar-refractivity contribution in [3.8, 4) is 6.07 Å². The van der Waals surface area contributed by atoms with Gasteiger partial charge in [0.2, 0.25) is 5.91 Å². The van der Waals surface area contributed by atoms with Crippen molar-refractivity contribution < 1.29 is 4.79 Å². The molecule has 3 nitrogen and oxygen atoms in total. The van der Waals surface area contributed by atoms with Crippen LogP contribution < -0.4 is 5.32 Å². The molecule has 1 aromatic rings. The van der Waals surface area contributed by atoms with Gasteiger partial charge in [0, 0.05) is 0 Å². The van der Waals surface area contributed by atoms with E-state index in [2.05, 4.69) is 5.32 Å². The molecule has 0 aliphatic heterocycles. The van der Waals surface area contributed by atoms with Gasteiger partial charge in [0.05, 0.1) is 12.1 Å². The first kappa shape index (κ1) is 12.3. The number of nitrogens with one attached hydrogen (secondary N) is 1. The zero-order chi connectivity index (χ0) is 12.1. The lowest BCUT2D eigenvalue weighted by molar-refractivity contribution is -0.123. The number of rotatable bonds is 3. The van der Waals surface area contributed by atoms with Crippen LogP contribution in [0.25, 0.3) is 0 Å². The van der Waals surface area contributed by atoms with E-state index >= 15 is 0 Å². The van der Waals surface area contributed by atoms with E-state index < -0.39 is 5.92 Å². The van der Waals surface area contributed by atoms with E-state index in [9.17, 15) is 4.79 Å². The SMILES string of the molecule is Cc1ccccc1[C@@H](C)NC(=O)[C@@H](C)C#N. The molecule has 0 saturated carbocycles. The number of hydrogen-bond acceptors (Lipinski definition) is 2. The Kier molecular flexibility index (Phi) is 4.07. The van der Waals surface area contributed by atoms with Crippen molar-refractivity contribution in [2.45, 2.75) is 26.8 Å². The molecule has 1 rings (SSSR count). The fourth-order valence-corrected chi connectivity index (χ4v) is 1.55. The maximum absolute atomic E-state index is 11.5. The molecule has 0 saturated heterocycles. The molecule has 3 heteroatoms. The van der Waals surface area contributed by atoms with Gasteiger partial charge in [0.25, 0.3) is 0 Å². The Morgan fingerprint density at radius 3 is 2.56 bits per heavy atom. The molecular formula is C13H16N2O. The Hall–Kier alpha value is -1.82. The summed E-state index contributed by atoms with van der Waals surface area (Å²) in [5.74, 6) is -0.829. The quantitative estimate of drug-likeness (QED) is 0.843. The lowest BCUT2D eigenvalue weighted by atomic mass is 10.0. The van der Waals surface area contributed by atoms with Gasteiger partial charge in [-0.3, -0.25) is 4.79 Å². The summed E-state index contributed by atoms with van der Waals surface area (Å²) in [7, 11) is 0. The molecule has 2 atom stereocenters. The molecule has 84 valence electrons. The van der Waals surface area contributed by atoms with Crippen LogP contribution in [0.2, 0.25) is 0 Å². The van der Waals surface area contributed by atoms with E-state index in [1.165, 1.54) is 0 Å². The molecule has 0 aliphatic rings. The largest absolute Gasteiger partial charge is 0.348 e.